The second-order valence-electron chi connectivity index (χ2n) is 6.62. The summed E-state index contributed by atoms with van der Waals surface area (Å²) in [6.45, 7) is 4.89. The van der Waals surface area contributed by atoms with Gasteiger partial charge in [0.25, 0.3) is 10.0 Å². The molecule has 0 fully saturated rings. The number of aromatic nitrogens is 1. The van der Waals surface area contributed by atoms with Crippen LogP contribution in [-0.4, -0.2) is 35.7 Å². The Kier molecular flexibility index (Phi) is 7.27. The number of hydrogen-bond acceptors (Lipinski definition) is 4. The van der Waals surface area contributed by atoms with Crippen molar-refractivity contribution in [3.8, 4) is 0 Å². The number of hydrogen-bond donors (Lipinski definition) is 2. The van der Waals surface area contributed by atoms with Crippen LogP contribution in [0.2, 0.25) is 0 Å². The Morgan fingerprint density at radius 1 is 1.07 bits per heavy atom. The number of carbonyl (C=O) groups is 1. The number of rotatable bonds is 5. The zero-order chi connectivity index (χ0) is 22.5. The molecule has 3 rings (SSSR count). The Balaban J connectivity index is 0.000000396. The highest BCUT2D eigenvalue weighted by Crippen LogP contribution is 2.24. The first-order chi connectivity index (χ1) is 13.9. The van der Waals surface area contributed by atoms with Crippen molar-refractivity contribution in [2.75, 3.05) is 0 Å². The summed E-state index contributed by atoms with van der Waals surface area (Å²) in [5.74, 6) is -2.76. The van der Waals surface area contributed by atoms with E-state index in [1.165, 1.54) is 3.97 Å². The molecule has 0 aliphatic rings. The van der Waals surface area contributed by atoms with Gasteiger partial charge in [-0.25, -0.2) is 17.2 Å². The lowest BCUT2D eigenvalue weighted by Gasteiger charge is -2.11. The molecule has 0 atom stereocenters. The lowest BCUT2D eigenvalue weighted by atomic mass is 10.1. The van der Waals surface area contributed by atoms with Crippen molar-refractivity contribution >= 4 is 26.9 Å². The number of carboxylic acid groups (broad SMARTS) is 1. The van der Waals surface area contributed by atoms with E-state index < -0.39 is 22.2 Å². The van der Waals surface area contributed by atoms with Gasteiger partial charge in [0.1, 0.15) is 0 Å². The van der Waals surface area contributed by atoms with E-state index in [0.717, 1.165) is 10.9 Å². The van der Waals surface area contributed by atoms with Gasteiger partial charge >= 0.3 is 12.1 Å². The van der Waals surface area contributed by atoms with Crippen LogP contribution in [-0.2, 0) is 21.4 Å². The van der Waals surface area contributed by atoms with E-state index in [1.807, 2.05) is 30.3 Å². The maximum Gasteiger partial charge on any atom is 0.490 e. The number of nitrogens with one attached hydrogen (secondary N) is 1. The van der Waals surface area contributed by atoms with Crippen LogP contribution in [0.1, 0.15) is 19.4 Å². The third-order valence-electron chi connectivity index (χ3n) is 4.03. The fraction of sp³-hybridized carbons (Fsp3) is 0.250. The van der Waals surface area contributed by atoms with E-state index in [2.05, 4.69) is 19.2 Å². The van der Waals surface area contributed by atoms with Crippen LogP contribution >= 0.6 is 0 Å². The number of carboxylic acids is 1. The highest BCUT2D eigenvalue weighted by molar-refractivity contribution is 7.90. The van der Waals surface area contributed by atoms with E-state index in [4.69, 9.17) is 9.90 Å². The van der Waals surface area contributed by atoms with Gasteiger partial charge in [0.15, 0.2) is 0 Å². The van der Waals surface area contributed by atoms with Gasteiger partial charge in [0.2, 0.25) is 0 Å². The van der Waals surface area contributed by atoms with E-state index in [-0.39, 0.29) is 0 Å². The van der Waals surface area contributed by atoms with E-state index in [1.54, 1.807) is 30.5 Å². The van der Waals surface area contributed by atoms with Gasteiger partial charge in [-0.1, -0.05) is 44.2 Å². The molecule has 0 bridgehead atoms. The summed E-state index contributed by atoms with van der Waals surface area (Å²) in [5, 5.41) is 11.5. The van der Waals surface area contributed by atoms with Crippen LogP contribution in [0.25, 0.3) is 10.9 Å². The van der Waals surface area contributed by atoms with Gasteiger partial charge in [0.05, 0.1) is 10.4 Å². The van der Waals surface area contributed by atoms with E-state index in [0.29, 0.717) is 23.0 Å². The van der Waals surface area contributed by atoms with Crippen molar-refractivity contribution in [3.63, 3.8) is 0 Å². The monoisotopic (exact) mass is 442 g/mol. The minimum Gasteiger partial charge on any atom is -0.475 e. The second-order valence-corrected chi connectivity index (χ2v) is 8.43. The zero-order valence-electron chi connectivity index (χ0n) is 16.2. The van der Waals surface area contributed by atoms with Crippen molar-refractivity contribution < 1.29 is 31.5 Å². The molecular formula is C20H21F3N2O4S. The van der Waals surface area contributed by atoms with Gasteiger partial charge in [-0.15, -0.1) is 0 Å². The molecule has 1 heterocycles. The average molecular weight is 442 g/mol. The summed E-state index contributed by atoms with van der Waals surface area (Å²) < 4.78 is 58.8. The molecule has 2 aromatic carbocycles. The molecule has 162 valence electrons. The summed E-state index contributed by atoms with van der Waals surface area (Å²) >= 11 is 0. The van der Waals surface area contributed by atoms with Crippen LogP contribution < -0.4 is 5.32 Å². The smallest absolute Gasteiger partial charge is 0.475 e. The minimum absolute atomic E-state index is 0.295. The van der Waals surface area contributed by atoms with Crippen LogP contribution in [0.3, 0.4) is 0 Å². The molecule has 0 aliphatic heterocycles. The number of aliphatic carboxylic acids is 1. The van der Waals surface area contributed by atoms with Crippen molar-refractivity contribution in [2.45, 2.75) is 37.5 Å². The second kappa shape index (κ2) is 9.31. The quantitative estimate of drug-likeness (QED) is 0.623. The first-order valence-electron chi connectivity index (χ1n) is 8.87. The van der Waals surface area contributed by atoms with Gasteiger partial charge in [-0.2, -0.15) is 13.2 Å². The SMILES string of the molecule is CC(C)NCc1cccc2c1ccn2S(=O)(=O)c1ccccc1.O=C(O)C(F)(F)F. The predicted octanol–water partition coefficient (Wildman–Crippen LogP) is 4.01. The van der Waals surface area contributed by atoms with Crippen LogP contribution in [0.15, 0.2) is 65.7 Å². The average Bonchev–Trinajstić information content (AvgIpc) is 3.12. The Morgan fingerprint density at radius 3 is 2.20 bits per heavy atom. The number of nitrogens with zero attached hydrogens (tertiary/aromatic N) is 1. The summed E-state index contributed by atoms with van der Waals surface area (Å²) in [6.07, 6.45) is -3.45. The molecule has 0 saturated heterocycles. The zero-order valence-corrected chi connectivity index (χ0v) is 17.0. The molecule has 3 aromatic rings. The summed E-state index contributed by atoms with van der Waals surface area (Å²) in [6, 6.07) is 16.5. The van der Waals surface area contributed by atoms with Crippen LogP contribution in [0.5, 0.6) is 0 Å². The van der Waals surface area contributed by atoms with Gasteiger partial charge in [-0.3, -0.25) is 0 Å². The van der Waals surface area contributed by atoms with Crippen molar-refractivity contribution in [1.82, 2.24) is 9.29 Å². The number of benzene rings is 2. The highest BCUT2D eigenvalue weighted by atomic mass is 32.2. The highest BCUT2D eigenvalue weighted by Gasteiger charge is 2.38. The van der Waals surface area contributed by atoms with Crippen LogP contribution in [0, 0.1) is 0 Å². The number of fused-ring (bicyclic) bond motifs is 1. The Hall–Kier alpha value is -2.85. The van der Waals surface area contributed by atoms with Crippen molar-refractivity contribution in [1.29, 1.82) is 0 Å². The molecule has 0 amide bonds. The molecule has 0 unspecified atom stereocenters. The standard InChI is InChI=1S/C18H20N2O2S.C2HF3O2/c1-14(2)19-13-15-7-6-10-18-17(15)11-12-20(18)23(21,22)16-8-4-3-5-9-16;3-2(4,5)1(6)7/h3-12,14,19H,13H2,1-2H3;(H,6,7). The Bertz CT molecular complexity index is 1110. The third kappa shape index (κ3) is 5.61. The lowest BCUT2D eigenvalue weighted by Crippen LogP contribution is -2.21. The van der Waals surface area contributed by atoms with Crippen molar-refractivity contribution in [2.24, 2.45) is 0 Å². The molecule has 0 saturated carbocycles. The van der Waals surface area contributed by atoms with E-state index >= 15 is 0 Å². The Morgan fingerprint density at radius 2 is 1.67 bits per heavy atom. The normalized spacial score (nSPS) is 11.9. The molecule has 0 spiro atoms. The first-order valence-corrected chi connectivity index (χ1v) is 10.3. The van der Waals surface area contributed by atoms with E-state index in [9.17, 15) is 21.6 Å². The summed E-state index contributed by atoms with van der Waals surface area (Å²) in [4.78, 5) is 9.19. The molecule has 10 heteroatoms. The van der Waals surface area contributed by atoms with Gasteiger partial charge in [-0.05, 0) is 29.8 Å². The largest absolute Gasteiger partial charge is 0.490 e. The minimum atomic E-state index is -5.08. The summed E-state index contributed by atoms with van der Waals surface area (Å²) in [7, 11) is -3.57. The molecular weight excluding hydrogens is 421 g/mol. The fourth-order valence-electron chi connectivity index (χ4n) is 2.59. The fourth-order valence-corrected chi connectivity index (χ4v) is 3.96. The molecule has 2 N–H and O–H groups in total. The number of alkyl halides is 3. The topological polar surface area (TPSA) is 88.4 Å². The maximum absolute atomic E-state index is 12.8. The van der Waals surface area contributed by atoms with Gasteiger partial charge in [0, 0.05) is 24.2 Å². The lowest BCUT2D eigenvalue weighted by molar-refractivity contribution is -0.192. The predicted molar refractivity (Wildman–Crippen MR) is 107 cm³/mol. The molecule has 0 radical (unpaired) electrons. The Labute approximate surface area is 172 Å². The third-order valence-corrected chi connectivity index (χ3v) is 5.73. The maximum atomic E-state index is 12.8. The molecule has 30 heavy (non-hydrogen) atoms. The first kappa shape index (κ1) is 23.4. The van der Waals surface area contributed by atoms with Gasteiger partial charge < -0.3 is 10.4 Å². The molecule has 1 aromatic heterocycles. The number of halogens is 3. The molecule has 0 aliphatic carbocycles. The molecule has 6 nitrogen and oxygen atoms in total. The summed E-state index contributed by atoms with van der Waals surface area (Å²) in [5.41, 5.74) is 1.80. The van der Waals surface area contributed by atoms with Crippen LogP contribution in [0.4, 0.5) is 13.2 Å². The van der Waals surface area contributed by atoms with Crippen molar-refractivity contribution in [3.05, 3.63) is 66.4 Å².